The van der Waals surface area contributed by atoms with E-state index in [1.165, 1.54) is 28.9 Å². The van der Waals surface area contributed by atoms with Crippen molar-refractivity contribution >= 4 is 21.6 Å². The van der Waals surface area contributed by atoms with Gasteiger partial charge in [-0.15, -0.1) is 0 Å². The number of hydrogen-bond acceptors (Lipinski definition) is 8. The summed E-state index contributed by atoms with van der Waals surface area (Å²) in [5, 5.41) is 16.1. The lowest BCUT2D eigenvalue weighted by atomic mass is 10.2. The maximum Gasteiger partial charge on any atom is 0.257 e. The second-order valence-corrected chi connectivity index (χ2v) is 10.1. The average molecular weight is 506 g/mol. The molecule has 2 N–H and O–H groups in total. The molecule has 1 amide bonds. The molecule has 0 saturated carbocycles. The number of halogens is 1. The highest BCUT2D eigenvalue weighted by Gasteiger charge is 2.26. The molecule has 12 heteroatoms. The second kappa shape index (κ2) is 9.92. The van der Waals surface area contributed by atoms with E-state index in [9.17, 15) is 22.7 Å². The minimum atomic E-state index is -3.68. The normalized spacial score (nSPS) is 15.3. The fourth-order valence-electron chi connectivity index (χ4n) is 3.39. The van der Waals surface area contributed by atoms with Crippen LogP contribution >= 0.6 is 0 Å². The molecule has 1 atom stereocenters. The number of fused-ring (bicyclic) bond motifs is 1. The van der Waals surface area contributed by atoms with Crippen LogP contribution in [0, 0.1) is 5.82 Å². The Morgan fingerprint density at radius 2 is 2.06 bits per heavy atom. The summed E-state index contributed by atoms with van der Waals surface area (Å²) in [6.45, 7) is 1.52. The van der Waals surface area contributed by atoms with Crippen molar-refractivity contribution < 1.29 is 36.9 Å². The third-order valence-electron chi connectivity index (χ3n) is 5.07. The molecule has 2 heterocycles. The molecule has 186 valence electrons. The van der Waals surface area contributed by atoms with E-state index in [0.29, 0.717) is 5.82 Å². The number of amides is 1. The summed E-state index contributed by atoms with van der Waals surface area (Å²) >= 11 is 0. The predicted octanol–water partition coefficient (Wildman–Crippen LogP) is 2.92. The molecule has 10 nitrogen and oxygen atoms in total. The zero-order valence-electron chi connectivity index (χ0n) is 19.0. The van der Waals surface area contributed by atoms with Gasteiger partial charge in [0.15, 0.2) is 27.2 Å². The first-order chi connectivity index (χ1) is 16.6. The summed E-state index contributed by atoms with van der Waals surface area (Å²) in [7, 11) is -1.98. The minimum Gasteiger partial charge on any atom is -0.492 e. The van der Waals surface area contributed by atoms with Gasteiger partial charge in [-0.3, -0.25) is 9.48 Å². The number of benzene rings is 2. The van der Waals surface area contributed by atoms with Gasteiger partial charge in [-0.2, -0.15) is 5.10 Å². The number of anilines is 1. The third-order valence-corrected chi connectivity index (χ3v) is 6.88. The second-order valence-electron chi connectivity index (χ2n) is 7.99. The smallest absolute Gasteiger partial charge is 0.257 e. The summed E-state index contributed by atoms with van der Waals surface area (Å²) in [5.41, 5.74) is 0.127. The predicted molar refractivity (Wildman–Crippen MR) is 123 cm³/mol. The number of hydrogen-bond donors (Lipinski definition) is 2. The van der Waals surface area contributed by atoms with E-state index in [4.69, 9.17) is 14.2 Å². The van der Waals surface area contributed by atoms with Crippen molar-refractivity contribution in [1.29, 1.82) is 0 Å². The highest BCUT2D eigenvalue weighted by Crippen LogP contribution is 2.37. The third kappa shape index (κ3) is 5.72. The highest BCUT2D eigenvalue weighted by atomic mass is 32.2. The van der Waals surface area contributed by atoms with Crippen LogP contribution in [0.15, 0.2) is 47.5 Å². The quantitative estimate of drug-likeness (QED) is 0.502. The number of aryl methyl sites for hydroxylation is 1. The average Bonchev–Trinajstić information content (AvgIpc) is 3.15. The molecule has 1 aromatic heterocycles. The molecule has 0 unspecified atom stereocenters. The Balaban J connectivity index is 1.68. The Labute approximate surface area is 201 Å². The Bertz CT molecular complexity index is 1360. The summed E-state index contributed by atoms with van der Waals surface area (Å²) in [4.78, 5) is 12.6. The molecule has 35 heavy (non-hydrogen) atoms. The summed E-state index contributed by atoms with van der Waals surface area (Å²) in [6, 6.07) is 7.89. The van der Waals surface area contributed by atoms with Crippen LogP contribution in [0.5, 0.6) is 23.0 Å². The van der Waals surface area contributed by atoms with Crippen LogP contribution in [0.4, 0.5) is 10.2 Å². The van der Waals surface area contributed by atoms with Gasteiger partial charge in [0.1, 0.15) is 28.2 Å². The molecule has 1 aliphatic heterocycles. The van der Waals surface area contributed by atoms with Gasteiger partial charge in [0.05, 0.1) is 19.0 Å². The number of carbonyl (C=O) groups excluding carboxylic acids is 1. The monoisotopic (exact) mass is 505 g/mol. The number of aliphatic hydroxyl groups excluding tert-OH is 1. The Morgan fingerprint density at radius 1 is 1.29 bits per heavy atom. The summed E-state index contributed by atoms with van der Waals surface area (Å²) in [5.74, 6) is -1.29. The molecule has 0 spiro atoms. The molecule has 0 bridgehead atoms. The van der Waals surface area contributed by atoms with E-state index in [1.54, 1.807) is 26.2 Å². The van der Waals surface area contributed by atoms with E-state index in [-0.39, 0.29) is 58.8 Å². The number of ether oxygens (including phenoxy) is 3. The lowest BCUT2D eigenvalue weighted by molar-refractivity contribution is 0.102. The van der Waals surface area contributed by atoms with Gasteiger partial charge in [0.25, 0.3) is 5.91 Å². The standard InChI is InChI=1S/C23H24FN3O7S/c1-14(13-28)33-16-8-15(23(29)25-22-4-5-27(2)26-22)9-17(10-16)34-19-12-20-21(11-18(19)24)35(30,31)7-3-6-32-20/h4-5,8-12,14,28H,3,6-7,13H2,1-2H3,(H,25,26,29)/t14-/m0/s1. The maximum atomic E-state index is 14.9. The van der Waals surface area contributed by atoms with Gasteiger partial charge in [0, 0.05) is 43.1 Å². The van der Waals surface area contributed by atoms with Crippen molar-refractivity contribution in [3.63, 3.8) is 0 Å². The summed E-state index contributed by atoms with van der Waals surface area (Å²) < 4.78 is 58.0. The number of aliphatic hydroxyl groups is 1. The number of rotatable bonds is 7. The van der Waals surface area contributed by atoms with Crippen molar-refractivity contribution in [3.05, 3.63) is 54.0 Å². The van der Waals surface area contributed by atoms with Crippen molar-refractivity contribution in [2.45, 2.75) is 24.3 Å². The first kappa shape index (κ1) is 24.5. The van der Waals surface area contributed by atoms with Gasteiger partial charge in [-0.05, 0) is 25.5 Å². The molecule has 2 aromatic carbocycles. The van der Waals surface area contributed by atoms with Crippen LogP contribution < -0.4 is 19.5 Å². The maximum absolute atomic E-state index is 14.9. The number of aromatic nitrogens is 2. The van der Waals surface area contributed by atoms with Gasteiger partial charge in [-0.25, -0.2) is 12.8 Å². The molecule has 1 aliphatic rings. The van der Waals surface area contributed by atoms with E-state index >= 15 is 0 Å². The molecule has 0 radical (unpaired) electrons. The fourth-order valence-corrected chi connectivity index (χ4v) is 4.81. The highest BCUT2D eigenvalue weighted by molar-refractivity contribution is 7.91. The number of nitrogens with one attached hydrogen (secondary N) is 1. The molecule has 3 aromatic rings. The first-order valence-electron chi connectivity index (χ1n) is 10.7. The number of carbonyl (C=O) groups is 1. The van der Waals surface area contributed by atoms with Crippen LogP contribution in [0.25, 0.3) is 0 Å². The fraction of sp³-hybridized carbons (Fsp3) is 0.304. The van der Waals surface area contributed by atoms with E-state index in [0.717, 1.165) is 6.07 Å². The SMILES string of the molecule is C[C@@H](CO)Oc1cc(Oc2cc3c(cc2F)S(=O)(=O)CCCO3)cc(C(=O)Nc2ccn(C)n2)c1. The van der Waals surface area contributed by atoms with E-state index in [2.05, 4.69) is 10.4 Å². The molecular weight excluding hydrogens is 481 g/mol. The Kier molecular flexibility index (Phi) is 6.94. The first-order valence-corrected chi connectivity index (χ1v) is 12.4. The molecule has 0 saturated heterocycles. The van der Waals surface area contributed by atoms with Crippen LogP contribution in [0.2, 0.25) is 0 Å². The summed E-state index contributed by atoms with van der Waals surface area (Å²) in [6.07, 6.45) is 1.36. The van der Waals surface area contributed by atoms with Crippen LogP contribution in [-0.4, -0.2) is 54.3 Å². The topological polar surface area (TPSA) is 129 Å². The molecular formula is C23H24FN3O7S. The van der Waals surface area contributed by atoms with Crippen LogP contribution in [-0.2, 0) is 16.9 Å². The van der Waals surface area contributed by atoms with E-state index in [1.807, 2.05) is 0 Å². The minimum absolute atomic E-state index is 0.00618. The van der Waals surface area contributed by atoms with Crippen molar-refractivity contribution in [2.75, 3.05) is 24.3 Å². The molecule has 4 rings (SSSR count). The zero-order chi connectivity index (χ0) is 25.2. The van der Waals surface area contributed by atoms with Crippen LogP contribution in [0.3, 0.4) is 0 Å². The number of sulfone groups is 1. The van der Waals surface area contributed by atoms with Crippen molar-refractivity contribution in [1.82, 2.24) is 9.78 Å². The van der Waals surface area contributed by atoms with Gasteiger partial charge in [-0.1, -0.05) is 0 Å². The lowest BCUT2D eigenvalue weighted by Gasteiger charge is -2.16. The van der Waals surface area contributed by atoms with Gasteiger partial charge < -0.3 is 24.6 Å². The Hall–Kier alpha value is -3.64. The zero-order valence-corrected chi connectivity index (χ0v) is 19.8. The van der Waals surface area contributed by atoms with Gasteiger partial charge >= 0.3 is 0 Å². The van der Waals surface area contributed by atoms with Crippen molar-refractivity contribution in [3.8, 4) is 23.0 Å². The number of nitrogens with zero attached hydrogens (tertiary/aromatic N) is 2. The van der Waals surface area contributed by atoms with Crippen molar-refractivity contribution in [2.24, 2.45) is 7.05 Å². The molecule has 0 fully saturated rings. The van der Waals surface area contributed by atoms with E-state index < -0.39 is 27.7 Å². The Morgan fingerprint density at radius 3 is 2.77 bits per heavy atom. The largest absolute Gasteiger partial charge is 0.492 e. The van der Waals surface area contributed by atoms with Crippen LogP contribution in [0.1, 0.15) is 23.7 Å². The molecule has 0 aliphatic carbocycles. The van der Waals surface area contributed by atoms with Gasteiger partial charge in [0.2, 0.25) is 0 Å². The lowest BCUT2D eigenvalue weighted by Crippen LogP contribution is -2.17.